The van der Waals surface area contributed by atoms with Crippen molar-refractivity contribution in [2.75, 3.05) is 7.11 Å². The third-order valence-corrected chi connectivity index (χ3v) is 2.83. The zero-order chi connectivity index (χ0) is 9.97. The Morgan fingerprint density at radius 2 is 2.07 bits per heavy atom. The molecule has 1 atom stereocenters. The molecule has 1 aromatic rings. The highest BCUT2D eigenvalue weighted by Gasteiger charge is 2.30. The van der Waals surface area contributed by atoms with Gasteiger partial charge in [0.25, 0.3) is 0 Å². The predicted octanol–water partition coefficient (Wildman–Crippen LogP) is 1.68. The van der Waals surface area contributed by atoms with Crippen LogP contribution in [0.5, 0.6) is 0 Å². The molecule has 0 aromatic heterocycles. The molecular weight excluding hydrogens is 198 g/mol. The van der Waals surface area contributed by atoms with Crippen molar-refractivity contribution in [1.29, 1.82) is 0 Å². The number of ether oxygens (including phenoxy) is 1. The molecule has 3 nitrogen and oxygen atoms in total. The molecule has 1 aliphatic rings. The number of carbonyl (C=O) groups is 1. The summed E-state index contributed by atoms with van der Waals surface area (Å²) in [5, 5.41) is 0. The van der Waals surface area contributed by atoms with Crippen LogP contribution in [0.4, 0.5) is 0 Å². The molecule has 2 rings (SSSR count). The molecule has 0 saturated carbocycles. The molecule has 1 unspecified atom stereocenters. The molecule has 1 aromatic carbocycles. The van der Waals surface area contributed by atoms with Crippen LogP contribution in [-0.4, -0.2) is 24.0 Å². The zero-order valence-corrected chi connectivity index (χ0v) is 8.45. The highest BCUT2D eigenvalue weighted by Crippen LogP contribution is 2.25. The summed E-state index contributed by atoms with van der Waals surface area (Å²) < 4.78 is 9.07. The zero-order valence-electron chi connectivity index (χ0n) is 7.64. The summed E-state index contributed by atoms with van der Waals surface area (Å²) in [6.07, 6.45) is 0. The first-order chi connectivity index (χ1) is 6.83. The van der Waals surface area contributed by atoms with Crippen LogP contribution in [0.15, 0.2) is 34.7 Å². The second-order valence-corrected chi connectivity index (χ2v) is 3.66. The predicted molar refractivity (Wildman–Crippen MR) is 56.4 cm³/mol. The number of hydrogen-bond acceptors (Lipinski definition) is 4. The summed E-state index contributed by atoms with van der Waals surface area (Å²) in [6, 6.07) is 9.42. The van der Waals surface area contributed by atoms with Crippen LogP contribution in [-0.2, 0) is 9.53 Å². The van der Waals surface area contributed by atoms with Crippen LogP contribution < -0.4 is 0 Å². The molecular formula is C10H9NO2S. The molecule has 0 bridgehead atoms. The molecule has 4 heteroatoms. The minimum atomic E-state index is -0.467. The SMILES string of the molecule is COC1SN=C(c2ccccc2)C1=O. The molecule has 0 radical (unpaired) electrons. The lowest BCUT2D eigenvalue weighted by Crippen LogP contribution is -2.22. The maximum Gasteiger partial charge on any atom is 0.223 e. The Morgan fingerprint density at radius 1 is 1.36 bits per heavy atom. The molecule has 0 spiro atoms. The number of benzene rings is 1. The Hall–Kier alpha value is -1.13. The van der Waals surface area contributed by atoms with Crippen LogP contribution in [0.3, 0.4) is 0 Å². The van der Waals surface area contributed by atoms with Crippen molar-refractivity contribution in [3.05, 3.63) is 35.9 Å². The normalized spacial score (nSPS) is 21.1. The first-order valence-corrected chi connectivity index (χ1v) is 5.03. The number of nitrogens with zero attached hydrogens (tertiary/aromatic N) is 1. The van der Waals surface area contributed by atoms with Gasteiger partial charge >= 0.3 is 0 Å². The fourth-order valence-corrected chi connectivity index (χ4v) is 1.94. The molecule has 1 heterocycles. The van der Waals surface area contributed by atoms with E-state index >= 15 is 0 Å². The summed E-state index contributed by atoms with van der Waals surface area (Å²) in [7, 11) is 1.51. The smallest absolute Gasteiger partial charge is 0.223 e. The Labute approximate surface area is 86.3 Å². The standard InChI is InChI=1S/C10H9NO2S/c1-13-10-9(12)8(11-14-10)7-5-3-2-4-6-7/h2-6,10H,1H3. The maximum absolute atomic E-state index is 11.7. The first-order valence-electron chi connectivity index (χ1n) is 4.19. The third kappa shape index (κ3) is 1.58. The number of Topliss-reactive ketones (excluding diaryl/α,β-unsaturated/α-hetero) is 1. The number of rotatable bonds is 2. The van der Waals surface area contributed by atoms with Crippen LogP contribution in [0.2, 0.25) is 0 Å². The summed E-state index contributed by atoms with van der Waals surface area (Å²) >= 11 is 1.17. The van der Waals surface area contributed by atoms with Crippen molar-refractivity contribution < 1.29 is 9.53 Å². The van der Waals surface area contributed by atoms with Crippen LogP contribution in [0.1, 0.15) is 5.56 Å². The van der Waals surface area contributed by atoms with Gasteiger partial charge < -0.3 is 4.74 Å². The van der Waals surface area contributed by atoms with Crippen molar-refractivity contribution in [1.82, 2.24) is 0 Å². The Balaban J connectivity index is 2.26. The van der Waals surface area contributed by atoms with Gasteiger partial charge in [0.1, 0.15) is 5.71 Å². The van der Waals surface area contributed by atoms with Crippen LogP contribution in [0, 0.1) is 0 Å². The largest absolute Gasteiger partial charge is 0.361 e. The van der Waals surface area contributed by atoms with Gasteiger partial charge in [-0.05, 0) is 0 Å². The Kier molecular flexibility index (Phi) is 2.65. The van der Waals surface area contributed by atoms with E-state index in [2.05, 4.69) is 4.40 Å². The van der Waals surface area contributed by atoms with Crippen LogP contribution >= 0.6 is 11.9 Å². The van der Waals surface area contributed by atoms with E-state index in [4.69, 9.17) is 4.74 Å². The van der Waals surface area contributed by atoms with Crippen molar-refractivity contribution in [2.24, 2.45) is 4.40 Å². The van der Waals surface area contributed by atoms with Crippen molar-refractivity contribution in [3.8, 4) is 0 Å². The number of hydrogen-bond donors (Lipinski definition) is 0. The summed E-state index contributed by atoms with van der Waals surface area (Å²) in [4.78, 5) is 11.7. The van der Waals surface area contributed by atoms with Gasteiger partial charge in [-0.3, -0.25) is 4.79 Å². The lowest BCUT2D eigenvalue weighted by Gasteiger charge is -2.02. The van der Waals surface area contributed by atoms with E-state index in [0.29, 0.717) is 5.71 Å². The van der Waals surface area contributed by atoms with Gasteiger partial charge in [-0.1, -0.05) is 30.3 Å². The summed E-state index contributed by atoms with van der Waals surface area (Å²) in [5.74, 6) is -0.0521. The summed E-state index contributed by atoms with van der Waals surface area (Å²) in [5.41, 5.74) is 0.886. The van der Waals surface area contributed by atoms with Gasteiger partial charge in [0.05, 0.1) is 0 Å². The minimum Gasteiger partial charge on any atom is -0.361 e. The van der Waals surface area contributed by atoms with Crippen molar-refractivity contribution >= 4 is 23.4 Å². The molecule has 1 aliphatic heterocycles. The average Bonchev–Trinajstić information content (AvgIpc) is 2.61. The number of ketones is 1. The van der Waals surface area contributed by atoms with Crippen molar-refractivity contribution in [2.45, 2.75) is 5.44 Å². The molecule has 14 heavy (non-hydrogen) atoms. The molecule has 0 fully saturated rings. The van der Waals surface area contributed by atoms with E-state index in [1.54, 1.807) is 0 Å². The van der Waals surface area contributed by atoms with Gasteiger partial charge in [0.2, 0.25) is 5.78 Å². The van der Waals surface area contributed by atoms with Crippen LogP contribution in [0.25, 0.3) is 0 Å². The first kappa shape index (κ1) is 9.43. The molecule has 0 aliphatic carbocycles. The quantitative estimate of drug-likeness (QED) is 0.692. The van der Waals surface area contributed by atoms with E-state index in [9.17, 15) is 4.79 Å². The highest BCUT2D eigenvalue weighted by atomic mass is 32.2. The lowest BCUT2D eigenvalue weighted by atomic mass is 10.1. The molecule has 0 saturated heterocycles. The monoisotopic (exact) mass is 207 g/mol. The van der Waals surface area contributed by atoms with E-state index in [-0.39, 0.29) is 5.78 Å². The maximum atomic E-state index is 11.7. The van der Waals surface area contributed by atoms with Gasteiger partial charge in [0.15, 0.2) is 5.44 Å². The van der Waals surface area contributed by atoms with E-state index in [0.717, 1.165) is 5.56 Å². The molecule has 0 amide bonds. The van der Waals surface area contributed by atoms with Gasteiger partial charge in [0, 0.05) is 24.6 Å². The lowest BCUT2D eigenvalue weighted by molar-refractivity contribution is -0.117. The van der Waals surface area contributed by atoms with E-state index < -0.39 is 5.44 Å². The van der Waals surface area contributed by atoms with E-state index in [1.807, 2.05) is 30.3 Å². The third-order valence-electron chi connectivity index (χ3n) is 1.95. The Morgan fingerprint density at radius 3 is 2.64 bits per heavy atom. The second kappa shape index (κ2) is 3.94. The topological polar surface area (TPSA) is 38.7 Å². The van der Waals surface area contributed by atoms with Gasteiger partial charge in [-0.25, -0.2) is 4.40 Å². The van der Waals surface area contributed by atoms with Crippen molar-refractivity contribution in [3.63, 3.8) is 0 Å². The summed E-state index contributed by atoms with van der Waals surface area (Å²) in [6.45, 7) is 0. The number of carbonyl (C=O) groups excluding carboxylic acids is 1. The fourth-order valence-electron chi connectivity index (χ4n) is 1.25. The minimum absolute atomic E-state index is 0.0521. The van der Waals surface area contributed by atoms with Gasteiger partial charge in [-0.15, -0.1) is 0 Å². The molecule has 0 N–H and O–H groups in total. The molecule has 72 valence electrons. The number of methoxy groups -OCH3 is 1. The highest BCUT2D eigenvalue weighted by molar-refractivity contribution is 8.00. The van der Waals surface area contributed by atoms with E-state index in [1.165, 1.54) is 19.1 Å². The average molecular weight is 207 g/mol. The Bertz CT molecular complexity index is 375. The van der Waals surface area contributed by atoms with Gasteiger partial charge in [-0.2, -0.15) is 0 Å². The second-order valence-electron chi connectivity index (χ2n) is 2.84. The fraction of sp³-hybridized carbons (Fsp3) is 0.200.